The molecule has 106 valence electrons. The smallest absolute Gasteiger partial charge is 0.0294 e. The third-order valence-electron chi connectivity index (χ3n) is 3.84. The fraction of sp³-hybridized carbons (Fsp3) is 0.368. The molecule has 0 unspecified atom stereocenters. The predicted molar refractivity (Wildman–Crippen MR) is 87.0 cm³/mol. The first kappa shape index (κ1) is 14.8. The molecule has 1 nitrogen and oxygen atoms in total. The lowest BCUT2D eigenvalue weighted by molar-refractivity contribution is 0.545. The number of nitrogens with one attached hydrogen (secondary N) is 1. The zero-order valence-corrected chi connectivity index (χ0v) is 12.6. The van der Waals surface area contributed by atoms with Crippen molar-refractivity contribution >= 4 is 0 Å². The molecule has 0 aliphatic carbocycles. The second-order valence-corrected chi connectivity index (χ2v) is 5.48. The molecule has 1 atom stereocenters. The molecule has 1 heteroatoms. The van der Waals surface area contributed by atoms with Crippen LogP contribution < -0.4 is 5.32 Å². The molecule has 0 heterocycles. The zero-order valence-electron chi connectivity index (χ0n) is 12.6. The zero-order chi connectivity index (χ0) is 14.2. The summed E-state index contributed by atoms with van der Waals surface area (Å²) in [5.41, 5.74) is 4.23. The molecular formula is C19H25N. The number of unbranched alkanes of at least 4 members (excludes halogenated alkanes) is 1. The van der Waals surface area contributed by atoms with E-state index in [-0.39, 0.29) is 0 Å². The van der Waals surface area contributed by atoms with Gasteiger partial charge in [0.05, 0.1) is 0 Å². The molecule has 0 amide bonds. The summed E-state index contributed by atoms with van der Waals surface area (Å²) in [6, 6.07) is 19.8. The quantitative estimate of drug-likeness (QED) is 0.719. The normalized spacial score (nSPS) is 12.3. The van der Waals surface area contributed by atoms with Crippen molar-refractivity contribution in [3.63, 3.8) is 0 Å². The summed E-state index contributed by atoms with van der Waals surface area (Å²) in [5, 5.41) is 3.63. The lowest BCUT2D eigenvalue weighted by atomic mass is 10.0. The van der Waals surface area contributed by atoms with E-state index in [0.717, 1.165) is 6.54 Å². The van der Waals surface area contributed by atoms with Crippen molar-refractivity contribution < 1.29 is 0 Å². The first-order chi connectivity index (χ1) is 9.77. The minimum Gasteiger partial charge on any atom is -0.310 e. The van der Waals surface area contributed by atoms with E-state index in [1.807, 2.05) is 0 Å². The van der Waals surface area contributed by atoms with Crippen LogP contribution in [0.5, 0.6) is 0 Å². The topological polar surface area (TPSA) is 12.0 Å². The molecule has 20 heavy (non-hydrogen) atoms. The molecule has 2 aromatic rings. The van der Waals surface area contributed by atoms with Crippen LogP contribution in [0.25, 0.3) is 0 Å². The highest BCUT2D eigenvalue weighted by atomic mass is 14.9. The number of aryl methyl sites for hydroxylation is 2. The molecule has 0 bridgehead atoms. The summed E-state index contributed by atoms with van der Waals surface area (Å²) in [6.45, 7) is 5.52. The SMILES string of the molecule is Cc1ccccc1[C@@H](C)NCCCCc1ccccc1. The Morgan fingerprint density at radius 3 is 2.35 bits per heavy atom. The fourth-order valence-electron chi connectivity index (χ4n) is 2.60. The third-order valence-corrected chi connectivity index (χ3v) is 3.84. The summed E-state index contributed by atoms with van der Waals surface area (Å²) >= 11 is 0. The van der Waals surface area contributed by atoms with Crippen LogP contribution in [0.15, 0.2) is 54.6 Å². The largest absolute Gasteiger partial charge is 0.310 e. The van der Waals surface area contributed by atoms with Gasteiger partial charge in [0.1, 0.15) is 0 Å². The monoisotopic (exact) mass is 267 g/mol. The summed E-state index contributed by atoms with van der Waals surface area (Å²) < 4.78 is 0. The van der Waals surface area contributed by atoms with Gasteiger partial charge in [-0.05, 0) is 56.3 Å². The van der Waals surface area contributed by atoms with Crippen LogP contribution in [0.3, 0.4) is 0 Å². The van der Waals surface area contributed by atoms with E-state index in [2.05, 4.69) is 73.8 Å². The minimum absolute atomic E-state index is 0.438. The van der Waals surface area contributed by atoms with E-state index < -0.39 is 0 Å². The fourth-order valence-corrected chi connectivity index (χ4v) is 2.60. The Bertz CT molecular complexity index is 504. The molecule has 0 saturated heterocycles. The van der Waals surface area contributed by atoms with E-state index in [9.17, 15) is 0 Å². The molecule has 0 spiro atoms. The van der Waals surface area contributed by atoms with Crippen molar-refractivity contribution in [3.8, 4) is 0 Å². The van der Waals surface area contributed by atoms with Gasteiger partial charge < -0.3 is 5.32 Å². The molecule has 0 aliphatic rings. The minimum atomic E-state index is 0.438. The Hall–Kier alpha value is -1.60. The first-order valence-corrected chi connectivity index (χ1v) is 7.60. The Morgan fingerprint density at radius 1 is 0.900 bits per heavy atom. The van der Waals surface area contributed by atoms with Gasteiger partial charge in [0.15, 0.2) is 0 Å². The highest BCUT2D eigenvalue weighted by Gasteiger charge is 2.06. The van der Waals surface area contributed by atoms with Crippen LogP contribution in [-0.2, 0) is 6.42 Å². The maximum atomic E-state index is 3.63. The Morgan fingerprint density at radius 2 is 1.60 bits per heavy atom. The van der Waals surface area contributed by atoms with Crippen LogP contribution >= 0.6 is 0 Å². The Kier molecular flexibility index (Phi) is 5.82. The van der Waals surface area contributed by atoms with Crippen molar-refractivity contribution in [1.82, 2.24) is 5.32 Å². The molecule has 1 N–H and O–H groups in total. The van der Waals surface area contributed by atoms with Gasteiger partial charge in [-0.2, -0.15) is 0 Å². The van der Waals surface area contributed by atoms with Crippen LogP contribution in [0.4, 0.5) is 0 Å². The van der Waals surface area contributed by atoms with Crippen LogP contribution in [0, 0.1) is 6.92 Å². The second-order valence-electron chi connectivity index (χ2n) is 5.48. The second kappa shape index (κ2) is 7.86. The van der Waals surface area contributed by atoms with Gasteiger partial charge in [0.25, 0.3) is 0 Å². The number of hydrogen-bond donors (Lipinski definition) is 1. The maximum Gasteiger partial charge on any atom is 0.0294 e. The van der Waals surface area contributed by atoms with Crippen LogP contribution in [-0.4, -0.2) is 6.54 Å². The standard InChI is InChI=1S/C19H25N/c1-16-10-6-7-14-19(16)17(2)20-15-9-8-13-18-11-4-3-5-12-18/h3-7,10-12,14,17,20H,8-9,13,15H2,1-2H3/t17-/m1/s1. The van der Waals surface area contributed by atoms with Gasteiger partial charge in [-0.3, -0.25) is 0 Å². The highest BCUT2D eigenvalue weighted by molar-refractivity contribution is 5.28. The van der Waals surface area contributed by atoms with Gasteiger partial charge in [-0.1, -0.05) is 54.6 Å². The van der Waals surface area contributed by atoms with E-state index in [4.69, 9.17) is 0 Å². The Labute approximate surface area is 123 Å². The molecule has 2 rings (SSSR count). The highest BCUT2D eigenvalue weighted by Crippen LogP contribution is 2.16. The first-order valence-electron chi connectivity index (χ1n) is 7.60. The number of rotatable bonds is 7. The summed E-state index contributed by atoms with van der Waals surface area (Å²) in [6.07, 6.45) is 3.66. The third kappa shape index (κ3) is 4.50. The lowest BCUT2D eigenvalue weighted by Gasteiger charge is -2.16. The molecule has 0 aliphatic heterocycles. The molecule has 0 fully saturated rings. The number of benzene rings is 2. The number of hydrogen-bond acceptors (Lipinski definition) is 1. The van der Waals surface area contributed by atoms with Gasteiger partial charge in [0, 0.05) is 6.04 Å². The van der Waals surface area contributed by atoms with Crippen LogP contribution in [0.1, 0.15) is 42.5 Å². The van der Waals surface area contributed by atoms with Gasteiger partial charge in [-0.25, -0.2) is 0 Å². The molecule has 0 radical (unpaired) electrons. The molecule has 2 aromatic carbocycles. The summed E-state index contributed by atoms with van der Waals surface area (Å²) in [5.74, 6) is 0. The van der Waals surface area contributed by atoms with Crippen molar-refractivity contribution in [2.75, 3.05) is 6.54 Å². The van der Waals surface area contributed by atoms with E-state index in [0.29, 0.717) is 6.04 Å². The average molecular weight is 267 g/mol. The van der Waals surface area contributed by atoms with Crippen LogP contribution in [0.2, 0.25) is 0 Å². The van der Waals surface area contributed by atoms with Crippen molar-refractivity contribution in [3.05, 3.63) is 71.3 Å². The van der Waals surface area contributed by atoms with E-state index in [1.54, 1.807) is 0 Å². The van der Waals surface area contributed by atoms with E-state index >= 15 is 0 Å². The van der Waals surface area contributed by atoms with Gasteiger partial charge >= 0.3 is 0 Å². The Balaban J connectivity index is 1.67. The van der Waals surface area contributed by atoms with Gasteiger partial charge in [0.2, 0.25) is 0 Å². The predicted octanol–water partition coefficient (Wildman–Crippen LogP) is 4.67. The van der Waals surface area contributed by atoms with Crippen molar-refractivity contribution in [1.29, 1.82) is 0 Å². The molecule has 0 aromatic heterocycles. The summed E-state index contributed by atoms with van der Waals surface area (Å²) in [4.78, 5) is 0. The van der Waals surface area contributed by atoms with Crippen molar-refractivity contribution in [2.45, 2.75) is 39.2 Å². The summed E-state index contributed by atoms with van der Waals surface area (Å²) in [7, 11) is 0. The van der Waals surface area contributed by atoms with Gasteiger partial charge in [-0.15, -0.1) is 0 Å². The van der Waals surface area contributed by atoms with E-state index in [1.165, 1.54) is 36.0 Å². The average Bonchev–Trinajstić information content (AvgIpc) is 2.48. The van der Waals surface area contributed by atoms with Crippen molar-refractivity contribution in [2.24, 2.45) is 0 Å². The lowest BCUT2D eigenvalue weighted by Crippen LogP contribution is -2.20. The molecular weight excluding hydrogens is 242 g/mol. The maximum absolute atomic E-state index is 3.63. The molecule has 0 saturated carbocycles.